The maximum absolute atomic E-state index is 12.8. The van der Waals surface area contributed by atoms with Crippen LogP contribution in [0.15, 0.2) is 71.1 Å². The Kier molecular flexibility index (Phi) is 6.84. The highest BCUT2D eigenvalue weighted by molar-refractivity contribution is 7.99. The third-order valence-electron chi connectivity index (χ3n) is 4.62. The molecular formula is C23H23N3O3S. The molecule has 0 aliphatic carbocycles. The standard InChI is InChI=1S/C23H23N3O3S/c1-4-13-26-22(29)19-7-5-6-8-20(19)25-23(26)30-14-21(28)18-11-9-17(10-12-18)15(2)24-16(3)27/h4-12,15H,1,13-14H2,2-3H3,(H,24,27). The van der Waals surface area contributed by atoms with E-state index in [1.165, 1.54) is 23.3 Å². The third-order valence-corrected chi connectivity index (χ3v) is 5.60. The lowest BCUT2D eigenvalue weighted by atomic mass is 10.0. The number of amides is 1. The Morgan fingerprint density at radius 3 is 2.57 bits per heavy atom. The molecule has 30 heavy (non-hydrogen) atoms. The summed E-state index contributed by atoms with van der Waals surface area (Å²) in [6, 6.07) is 14.2. The summed E-state index contributed by atoms with van der Waals surface area (Å²) in [5.41, 5.74) is 1.95. The van der Waals surface area contributed by atoms with E-state index in [2.05, 4.69) is 16.9 Å². The van der Waals surface area contributed by atoms with E-state index in [0.717, 1.165) is 5.56 Å². The molecule has 3 aromatic rings. The average Bonchev–Trinajstić information content (AvgIpc) is 2.74. The van der Waals surface area contributed by atoms with Gasteiger partial charge >= 0.3 is 0 Å². The molecule has 0 aliphatic rings. The number of fused-ring (bicyclic) bond motifs is 1. The van der Waals surface area contributed by atoms with Gasteiger partial charge in [-0.15, -0.1) is 6.58 Å². The van der Waals surface area contributed by atoms with E-state index < -0.39 is 0 Å². The van der Waals surface area contributed by atoms with Gasteiger partial charge in [-0.1, -0.05) is 54.2 Å². The van der Waals surface area contributed by atoms with Crippen molar-refractivity contribution in [2.24, 2.45) is 0 Å². The van der Waals surface area contributed by atoms with Crippen molar-refractivity contribution in [1.82, 2.24) is 14.9 Å². The normalized spacial score (nSPS) is 11.8. The number of hydrogen-bond donors (Lipinski definition) is 1. The minimum absolute atomic E-state index is 0.0636. The zero-order chi connectivity index (χ0) is 21.7. The molecule has 0 spiro atoms. The highest BCUT2D eigenvalue weighted by Gasteiger charge is 2.14. The van der Waals surface area contributed by atoms with Crippen LogP contribution in [0.2, 0.25) is 0 Å². The van der Waals surface area contributed by atoms with Crippen LogP contribution in [-0.2, 0) is 11.3 Å². The van der Waals surface area contributed by atoms with Crippen molar-refractivity contribution in [3.05, 3.63) is 82.7 Å². The maximum Gasteiger partial charge on any atom is 0.262 e. The molecule has 3 rings (SSSR count). The van der Waals surface area contributed by atoms with E-state index in [4.69, 9.17) is 0 Å². The number of Topliss-reactive ketones (excluding diaryl/α,β-unsaturated/α-hetero) is 1. The molecule has 7 heteroatoms. The lowest BCUT2D eigenvalue weighted by Crippen LogP contribution is -2.23. The Morgan fingerprint density at radius 1 is 1.20 bits per heavy atom. The number of rotatable bonds is 8. The molecular weight excluding hydrogens is 398 g/mol. The molecule has 0 saturated carbocycles. The van der Waals surface area contributed by atoms with Gasteiger partial charge in [0, 0.05) is 19.0 Å². The number of para-hydroxylation sites is 1. The minimum Gasteiger partial charge on any atom is -0.350 e. The SMILES string of the molecule is C=CCn1c(SCC(=O)c2ccc(C(C)NC(C)=O)cc2)nc2ccccc2c1=O. The molecule has 6 nitrogen and oxygen atoms in total. The van der Waals surface area contributed by atoms with Crippen LogP contribution in [0.5, 0.6) is 0 Å². The van der Waals surface area contributed by atoms with Gasteiger partial charge < -0.3 is 5.32 Å². The highest BCUT2D eigenvalue weighted by Crippen LogP contribution is 2.20. The molecule has 1 aromatic heterocycles. The Balaban J connectivity index is 1.78. The van der Waals surface area contributed by atoms with E-state index >= 15 is 0 Å². The Labute approximate surface area is 179 Å². The summed E-state index contributed by atoms with van der Waals surface area (Å²) >= 11 is 1.24. The summed E-state index contributed by atoms with van der Waals surface area (Å²) in [4.78, 5) is 41.2. The van der Waals surface area contributed by atoms with Gasteiger partial charge in [0.2, 0.25) is 5.91 Å². The quantitative estimate of drug-likeness (QED) is 0.259. The van der Waals surface area contributed by atoms with Crippen LogP contribution in [0.25, 0.3) is 10.9 Å². The van der Waals surface area contributed by atoms with Crippen molar-refractivity contribution < 1.29 is 9.59 Å². The van der Waals surface area contributed by atoms with Crippen molar-refractivity contribution >= 4 is 34.4 Å². The fourth-order valence-electron chi connectivity index (χ4n) is 3.11. The van der Waals surface area contributed by atoms with Crippen molar-refractivity contribution in [2.75, 3.05) is 5.75 Å². The molecule has 0 fully saturated rings. The second-order valence-electron chi connectivity index (χ2n) is 6.87. The van der Waals surface area contributed by atoms with Gasteiger partial charge in [0.25, 0.3) is 5.56 Å². The van der Waals surface area contributed by atoms with Crippen LogP contribution in [-0.4, -0.2) is 27.0 Å². The first-order valence-electron chi connectivity index (χ1n) is 9.54. The second-order valence-corrected chi connectivity index (χ2v) is 7.81. The average molecular weight is 422 g/mol. The van der Waals surface area contributed by atoms with Crippen molar-refractivity contribution in [3.63, 3.8) is 0 Å². The molecule has 0 aliphatic heterocycles. The summed E-state index contributed by atoms with van der Waals surface area (Å²) in [7, 11) is 0. The summed E-state index contributed by atoms with van der Waals surface area (Å²) in [6.07, 6.45) is 1.64. The number of carbonyl (C=O) groups is 2. The van der Waals surface area contributed by atoms with E-state index in [1.54, 1.807) is 36.4 Å². The summed E-state index contributed by atoms with van der Waals surface area (Å²) < 4.78 is 1.53. The number of nitrogens with one attached hydrogen (secondary N) is 1. The highest BCUT2D eigenvalue weighted by atomic mass is 32.2. The number of nitrogens with zero attached hydrogens (tertiary/aromatic N) is 2. The third kappa shape index (κ3) is 4.86. The lowest BCUT2D eigenvalue weighted by molar-refractivity contribution is -0.119. The summed E-state index contributed by atoms with van der Waals surface area (Å²) in [6.45, 7) is 7.39. The second kappa shape index (κ2) is 9.54. The van der Waals surface area contributed by atoms with Crippen molar-refractivity contribution in [2.45, 2.75) is 31.6 Å². The Hall–Kier alpha value is -3.19. The number of carbonyl (C=O) groups excluding carboxylic acids is 2. The largest absolute Gasteiger partial charge is 0.350 e. The van der Waals surface area contributed by atoms with E-state index in [9.17, 15) is 14.4 Å². The smallest absolute Gasteiger partial charge is 0.262 e. The van der Waals surface area contributed by atoms with Crippen LogP contribution in [0, 0.1) is 0 Å². The van der Waals surface area contributed by atoms with Gasteiger partial charge in [-0.3, -0.25) is 19.0 Å². The maximum atomic E-state index is 12.8. The molecule has 1 heterocycles. The molecule has 0 radical (unpaired) electrons. The van der Waals surface area contributed by atoms with Crippen molar-refractivity contribution in [3.8, 4) is 0 Å². The van der Waals surface area contributed by atoms with Crippen LogP contribution in [0.1, 0.15) is 35.8 Å². The van der Waals surface area contributed by atoms with E-state index in [0.29, 0.717) is 28.2 Å². The number of aromatic nitrogens is 2. The molecule has 1 atom stereocenters. The first-order chi connectivity index (χ1) is 14.4. The van der Waals surface area contributed by atoms with E-state index in [-0.39, 0.29) is 29.0 Å². The molecule has 1 N–H and O–H groups in total. The first kappa shape index (κ1) is 21.5. The van der Waals surface area contributed by atoms with E-state index in [1.807, 2.05) is 25.1 Å². The number of hydrogen-bond acceptors (Lipinski definition) is 5. The van der Waals surface area contributed by atoms with Crippen molar-refractivity contribution in [1.29, 1.82) is 0 Å². The topological polar surface area (TPSA) is 81.1 Å². The van der Waals surface area contributed by atoms with Crippen LogP contribution < -0.4 is 10.9 Å². The van der Waals surface area contributed by atoms with Gasteiger partial charge in [0.1, 0.15) is 0 Å². The molecule has 2 aromatic carbocycles. The van der Waals surface area contributed by atoms with Gasteiger partial charge in [0.15, 0.2) is 10.9 Å². The fraction of sp³-hybridized carbons (Fsp3) is 0.217. The van der Waals surface area contributed by atoms with Crippen LogP contribution >= 0.6 is 11.8 Å². The predicted molar refractivity (Wildman–Crippen MR) is 120 cm³/mol. The molecule has 0 bridgehead atoms. The lowest BCUT2D eigenvalue weighted by Gasteiger charge is -2.13. The van der Waals surface area contributed by atoms with Gasteiger partial charge in [-0.25, -0.2) is 4.98 Å². The zero-order valence-corrected chi connectivity index (χ0v) is 17.7. The summed E-state index contributed by atoms with van der Waals surface area (Å²) in [5, 5.41) is 3.85. The van der Waals surface area contributed by atoms with Gasteiger partial charge in [-0.05, 0) is 24.6 Å². The number of thioether (sulfide) groups is 1. The van der Waals surface area contributed by atoms with Crippen LogP contribution in [0.4, 0.5) is 0 Å². The predicted octanol–water partition coefficient (Wildman–Crippen LogP) is 3.75. The number of ketones is 1. The monoisotopic (exact) mass is 421 g/mol. The fourth-order valence-corrected chi connectivity index (χ4v) is 4.01. The Bertz CT molecular complexity index is 1150. The number of allylic oxidation sites excluding steroid dienone is 1. The molecule has 1 unspecified atom stereocenters. The van der Waals surface area contributed by atoms with Crippen LogP contribution in [0.3, 0.4) is 0 Å². The van der Waals surface area contributed by atoms with Gasteiger partial charge in [0.05, 0.1) is 22.7 Å². The first-order valence-corrected chi connectivity index (χ1v) is 10.5. The minimum atomic E-state index is -0.147. The zero-order valence-electron chi connectivity index (χ0n) is 16.9. The summed E-state index contributed by atoms with van der Waals surface area (Å²) in [5.74, 6) is -0.0125. The molecule has 1 amide bonds. The van der Waals surface area contributed by atoms with Gasteiger partial charge in [-0.2, -0.15) is 0 Å². The molecule has 0 saturated heterocycles. The number of benzene rings is 2. The Morgan fingerprint density at radius 2 is 1.90 bits per heavy atom. The molecule has 154 valence electrons.